The zero-order valence-corrected chi connectivity index (χ0v) is 9.18. The Hall–Kier alpha value is -2.28. The molecule has 1 nitrogen and oxygen atoms in total. The van der Waals surface area contributed by atoms with Crippen molar-refractivity contribution in [3.63, 3.8) is 0 Å². The van der Waals surface area contributed by atoms with Gasteiger partial charge in [0.2, 0.25) is 0 Å². The molecule has 4 rings (SSSR count). The molecule has 80 valence electrons. The van der Waals surface area contributed by atoms with Crippen molar-refractivity contribution in [2.24, 2.45) is 0 Å². The molecule has 0 saturated heterocycles. The van der Waals surface area contributed by atoms with Crippen molar-refractivity contribution in [2.75, 3.05) is 0 Å². The van der Waals surface area contributed by atoms with Crippen molar-refractivity contribution in [2.45, 2.75) is 0 Å². The Kier molecular flexibility index (Phi) is 1.61. The topological polar surface area (TPSA) is 13.1 Å². The fourth-order valence-electron chi connectivity index (χ4n) is 2.40. The van der Waals surface area contributed by atoms with Crippen LogP contribution < -0.4 is 0 Å². The van der Waals surface area contributed by atoms with Crippen molar-refractivity contribution in [1.82, 2.24) is 0 Å². The lowest BCUT2D eigenvalue weighted by Crippen LogP contribution is -1.92. The van der Waals surface area contributed by atoms with Gasteiger partial charge >= 0.3 is 0 Å². The summed E-state index contributed by atoms with van der Waals surface area (Å²) in [7, 11) is 0. The van der Waals surface area contributed by atoms with Gasteiger partial charge in [-0.3, -0.25) is 0 Å². The van der Waals surface area contributed by atoms with E-state index in [0.29, 0.717) is 0 Å². The number of hydrogen-bond acceptors (Lipinski definition) is 1. The standard InChI is InChI=1S/C16H10O/c1-2-9-14-12(7-1)16(11-5-3-6-11)13-8-4-10-15(13)17-14/h1-10H. The van der Waals surface area contributed by atoms with Gasteiger partial charge < -0.3 is 4.42 Å². The van der Waals surface area contributed by atoms with E-state index in [2.05, 4.69) is 36.4 Å². The number of allylic oxidation sites excluding steroid dienone is 4. The number of benzene rings is 1. The van der Waals surface area contributed by atoms with Crippen LogP contribution in [0.2, 0.25) is 0 Å². The van der Waals surface area contributed by atoms with Gasteiger partial charge in [-0.25, -0.2) is 0 Å². The molecule has 17 heavy (non-hydrogen) atoms. The molecule has 3 aliphatic rings. The molecule has 1 aliphatic heterocycles. The summed E-state index contributed by atoms with van der Waals surface area (Å²) in [4.78, 5) is 0. The van der Waals surface area contributed by atoms with Crippen LogP contribution in [0.1, 0.15) is 5.56 Å². The lowest BCUT2D eigenvalue weighted by Gasteiger charge is -2.15. The van der Waals surface area contributed by atoms with E-state index in [-0.39, 0.29) is 0 Å². The van der Waals surface area contributed by atoms with Crippen LogP contribution in [0.5, 0.6) is 0 Å². The highest BCUT2D eigenvalue weighted by molar-refractivity contribution is 6.02. The molecule has 1 heterocycles. The third-order valence-electron chi connectivity index (χ3n) is 3.26. The third-order valence-corrected chi connectivity index (χ3v) is 3.26. The summed E-state index contributed by atoms with van der Waals surface area (Å²) in [6, 6.07) is 14.4. The highest BCUT2D eigenvalue weighted by Gasteiger charge is 2.18. The van der Waals surface area contributed by atoms with E-state index in [0.717, 1.165) is 11.3 Å². The molecule has 0 fully saturated rings. The predicted octanol–water partition coefficient (Wildman–Crippen LogP) is 4.49. The lowest BCUT2D eigenvalue weighted by atomic mass is 9.92. The Bertz CT molecular complexity index is 743. The number of rotatable bonds is 1. The summed E-state index contributed by atoms with van der Waals surface area (Å²) in [6.07, 6.45) is 6.37. The smallest absolute Gasteiger partial charge is 0.135 e. The van der Waals surface area contributed by atoms with Crippen molar-refractivity contribution in [1.29, 1.82) is 0 Å². The number of hydrogen-bond donors (Lipinski definition) is 0. The average Bonchev–Trinajstić information content (AvgIpc) is 2.74. The molecule has 2 aliphatic carbocycles. The predicted molar refractivity (Wildman–Crippen MR) is 70.0 cm³/mol. The molecule has 0 atom stereocenters. The molecule has 0 radical (unpaired) electrons. The second-order valence-electron chi connectivity index (χ2n) is 4.26. The molecule has 0 unspecified atom stereocenters. The van der Waals surface area contributed by atoms with Gasteiger partial charge in [-0.1, -0.05) is 48.6 Å². The van der Waals surface area contributed by atoms with Crippen LogP contribution in [0.25, 0.3) is 27.9 Å². The van der Waals surface area contributed by atoms with Gasteiger partial charge in [0.05, 0.1) is 0 Å². The summed E-state index contributed by atoms with van der Waals surface area (Å²) in [5, 5.41) is 1.18. The largest absolute Gasteiger partial charge is 0.456 e. The van der Waals surface area contributed by atoms with E-state index in [1.54, 1.807) is 0 Å². The van der Waals surface area contributed by atoms with Crippen molar-refractivity contribution < 1.29 is 4.42 Å². The Labute approximate surface area is 99.0 Å². The monoisotopic (exact) mass is 218 g/mol. The highest BCUT2D eigenvalue weighted by Crippen LogP contribution is 2.40. The van der Waals surface area contributed by atoms with E-state index in [4.69, 9.17) is 4.42 Å². The Balaban J connectivity index is 2.21. The van der Waals surface area contributed by atoms with E-state index in [1.807, 2.05) is 24.3 Å². The minimum absolute atomic E-state index is 0.947. The quantitative estimate of drug-likeness (QED) is 0.586. The van der Waals surface area contributed by atoms with E-state index in [1.165, 1.54) is 22.1 Å². The second-order valence-corrected chi connectivity index (χ2v) is 4.26. The lowest BCUT2D eigenvalue weighted by molar-refractivity contribution is 0.621. The van der Waals surface area contributed by atoms with Crippen LogP contribution in [0.15, 0.2) is 65.1 Å². The fourth-order valence-corrected chi connectivity index (χ4v) is 2.40. The first-order chi connectivity index (χ1) is 8.43. The van der Waals surface area contributed by atoms with E-state index in [9.17, 15) is 0 Å². The van der Waals surface area contributed by atoms with Crippen molar-refractivity contribution >= 4 is 16.5 Å². The summed E-state index contributed by atoms with van der Waals surface area (Å²) >= 11 is 0. The maximum atomic E-state index is 5.89. The molecule has 0 N–H and O–H groups in total. The first-order valence-corrected chi connectivity index (χ1v) is 5.72. The molecule has 1 aromatic rings. The zero-order chi connectivity index (χ0) is 11.2. The Morgan fingerprint density at radius 1 is 0.882 bits per heavy atom. The first-order valence-electron chi connectivity index (χ1n) is 5.72. The summed E-state index contributed by atoms with van der Waals surface area (Å²) in [6.45, 7) is 0. The van der Waals surface area contributed by atoms with Crippen LogP contribution in [-0.4, -0.2) is 0 Å². The highest BCUT2D eigenvalue weighted by atomic mass is 16.3. The Morgan fingerprint density at radius 2 is 1.76 bits per heavy atom. The van der Waals surface area contributed by atoms with Gasteiger partial charge in [0.15, 0.2) is 0 Å². The molecular weight excluding hydrogens is 208 g/mol. The molecular formula is C16H10O. The third kappa shape index (κ3) is 1.14. The molecule has 1 heteroatoms. The summed E-state index contributed by atoms with van der Waals surface area (Å²) < 4.78 is 5.89. The van der Waals surface area contributed by atoms with Crippen LogP contribution in [0.3, 0.4) is 0 Å². The first kappa shape index (κ1) is 8.82. The number of para-hydroxylation sites is 1. The Morgan fingerprint density at radius 3 is 2.59 bits per heavy atom. The molecule has 0 spiro atoms. The molecule has 0 aromatic heterocycles. The molecule has 0 saturated carbocycles. The molecule has 0 amide bonds. The normalized spacial score (nSPS) is 14.0. The van der Waals surface area contributed by atoms with Crippen molar-refractivity contribution in [3.8, 4) is 11.3 Å². The van der Waals surface area contributed by atoms with Crippen molar-refractivity contribution in [3.05, 3.63) is 66.3 Å². The van der Waals surface area contributed by atoms with Crippen LogP contribution in [0.4, 0.5) is 0 Å². The SMILES string of the molecule is C1=CC(c2c3cccc-3oc3ccccc23)=C1. The van der Waals surface area contributed by atoms with Gasteiger partial charge in [0.25, 0.3) is 0 Å². The van der Waals surface area contributed by atoms with Gasteiger partial charge in [-0.05, 0) is 17.7 Å². The minimum Gasteiger partial charge on any atom is -0.456 e. The van der Waals surface area contributed by atoms with Gasteiger partial charge in [0, 0.05) is 16.5 Å². The maximum Gasteiger partial charge on any atom is 0.135 e. The van der Waals surface area contributed by atoms with Crippen LogP contribution in [-0.2, 0) is 0 Å². The average molecular weight is 218 g/mol. The van der Waals surface area contributed by atoms with Crippen LogP contribution in [0, 0.1) is 0 Å². The zero-order valence-electron chi connectivity index (χ0n) is 9.18. The second kappa shape index (κ2) is 3.11. The minimum atomic E-state index is 0.947. The van der Waals surface area contributed by atoms with Gasteiger partial charge in [0.1, 0.15) is 11.3 Å². The fraction of sp³-hybridized carbons (Fsp3) is 0. The van der Waals surface area contributed by atoms with Gasteiger partial charge in [-0.15, -0.1) is 0 Å². The van der Waals surface area contributed by atoms with Gasteiger partial charge in [-0.2, -0.15) is 0 Å². The molecule has 0 bridgehead atoms. The molecule has 1 aromatic carbocycles. The van der Waals surface area contributed by atoms with Crippen LogP contribution >= 0.6 is 0 Å². The summed E-state index contributed by atoms with van der Waals surface area (Å²) in [5.41, 5.74) is 4.71. The van der Waals surface area contributed by atoms with E-state index < -0.39 is 0 Å². The summed E-state index contributed by atoms with van der Waals surface area (Å²) in [5.74, 6) is 0.958. The number of fused-ring (bicyclic) bond motifs is 2. The maximum absolute atomic E-state index is 5.89. The van der Waals surface area contributed by atoms with E-state index >= 15 is 0 Å².